The Kier molecular flexibility index (Phi) is 7.43. The minimum absolute atomic E-state index is 0.0740. The van der Waals surface area contributed by atoms with Crippen LogP contribution in [-0.4, -0.2) is 26.7 Å². The largest absolute Gasteiger partial charge is 0.503 e. The minimum atomic E-state index is -0.534. The number of nitrogens with one attached hydrogen (secondary N) is 1. The summed E-state index contributed by atoms with van der Waals surface area (Å²) in [5, 5.41) is 3.01. The van der Waals surface area contributed by atoms with E-state index in [0.29, 0.717) is 23.4 Å². The number of carbonyl (C=O) groups is 1. The van der Waals surface area contributed by atoms with Crippen molar-refractivity contribution in [3.63, 3.8) is 0 Å². The molecule has 0 saturated carbocycles. The van der Waals surface area contributed by atoms with Gasteiger partial charge in [0.15, 0.2) is 11.6 Å². The van der Waals surface area contributed by atoms with Crippen molar-refractivity contribution in [2.45, 2.75) is 6.61 Å². The molecule has 2 aromatic carbocycles. The van der Waals surface area contributed by atoms with Crippen LogP contribution in [0.4, 0.5) is 10.1 Å². The molecule has 0 amide bonds. The lowest BCUT2D eigenvalue weighted by Gasteiger charge is -2.13. The van der Waals surface area contributed by atoms with Crippen molar-refractivity contribution in [3.8, 4) is 5.75 Å². The molecule has 0 heterocycles. The highest BCUT2D eigenvalue weighted by atomic mass is 19.1. The highest BCUT2D eigenvalue weighted by Gasteiger charge is 2.17. The first-order valence-electron chi connectivity index (χ1n) is 8.27. The van der Waals surface area contributed by atoms with Gasteiger partial charge >= 0.3 is 5.97 Å². The van der Waals surface area contributed by atoms with Gasteiger partial charge in [0.05, 0.1) is 20.5 Å². The summed E-state index contributed by atoms with van der Waals surface area (Å²) < 4.78 is 29.7. The highest BCUT2D eigenvalue weighted by molar-refractivity contribution is 6.16. The smallest absolute Gasteiger partial charge is 0.341 e. The maximum atomic E-state index is 14.2. The number of hydrogen-bond donors (Lipinski definition) is 1. The summed E-state index contributed by atoms with van der Waals surface area (Å²) >= 11 is 0. The van der Waals surface area contributed by atoms with Gasteiger partial charge < -0.3 is 19.5 Å². The van der Waals surface area contributed by atoms with Crippen molar-refractivity contribution in [2.75, 3.05) is 26.1 Å². The normalized spacial score (nSPS) is 10.9. The molecule has 0 bridgehead atoms. The minimum Gasteiger partial charge on any atom is -0.503 e. The second kappa shape index (κ2) is 10.0. The second-order valence-electron chi connectivity index (χ2n) is 5.52. The Labute approximate surface area is 158 Å². The molecule has 2 aromatic rings. The molecule has 0 saturated heterocycles. The van der Waals surface area contributed by atoms with Crippen LogP contribution < -0.4 is 10.1 Å². The van der Waals surface area contributed by atoms with E-state index in [4.69, 9.17) is 14.2 Å². The molecule has 6 heteroatoms. The molecule has 0 fully saturated rings. The average molecular weight is 371 g/mol. The number of anilines is 1. The monoisotopic (exact) mass is 371 g/mol. The fraction of sp³-hybridized carbons (Fsp3) is 0.190. The third kappa shape index (κ3) is 5.34. The van der Waals surface area contributed by atoms with Gasteiger partial charge in [-0.3, -0.25) is 0 Å². The number of ether oxygens (including phenoxy) is 3. The average Bonchev–Trinajstić information content (AvgIpc) is 2.69. The van der Waals surface area contributed by atoms with Crippen molar-refractivity contribution < 1.29 is 23.4 Å². The first kappa shape index (κ1) is 20.0. The molecule has 2 rings (SSSR count). The van der Waals surface area contributed by atoms with E-state index in [1.54, 1.807) is 36.4 Å². The van der Waals surface area contributed by atoms with Crippen molar-refractivity contribution in [2.24, 2.45) is 0 Å². The van der Waals surface area contributed by atoms with E-state index in [-0.39, 0.29) is 17.9 Å². The number of halogens is 1. The molecule has 27 heavy (non-hydrogen) atoms. The van der Waals surface area contributed by atoms with E-state index < -0.39 is 11.8 Å². The van der Waals surface area contributed by atoms with Crippen molar-refractivity contribution in [3.05, 3.63) is 78.3 Å². The van der Waals surface area contributed by atoms with Crippen molar-refractivity contribution >= 4 is 17.2 Å². The molecular formula is C21H22FNO4. The van der Waals surface area contributed by atoms with E-state index in [1.807, 2.05) is 6.07 Å². The molecule has 0 aliphatic carbocycles. The molecular weight excluding hydrogens is 349 g/mol. The van der Waals surface area contributed by atoms with Crippen LogP contribution in [0.5, 0.6) is 5.75 Å². The van der Waals surface area contributed by atoms with Crippen LogP contribution in [0, 0.1) is 5.82 Å². The Hall–Kier alpha value is -3.28. The number of esters is 1. The van der Waals surface area contributed by atoms with Gasteiger partial charge in [-0.25, -0.2) is 9.18 Å². The Morgan fingerprint density at radius 3 is 2.67 bits per heavy atom. The van der Waals surface area contributed by atoms with Crippen LogP contribution in [0.2, 0.25) is 0 Å². The van der Waals surface area contributed by atoms with Crippen LogP contribution in [0.1, 0.15) is 11.1 Å². The zero-order valence-electron chi connectivity index (χ0n) is 15.3. The number of carbonyl (C=O) groups excluding carboxylic acids is 1. The van der Waals surface area contributed by atoms with Gasteiger partial charge in [-0.05, 0) is 23.3 Å². The number of methoxy groups -OCH3 is 2. The maximum Gasteiger partial charge on any atom is 0.341 e. The summed E-state index contributed by atoms with van der Waals surface area (Å²) in [6.45, 7) is 4.22. The van der Waals surface area contributed by atoms with E-state index >= 15 is 0 Å². The van der Waals surface area contributed by atoms with Gasteiger partial charge in [0, 0.05) is 18.3 Å². The Morgan fingerprint density at radius 1 is 1.22 bits per heavy atom. The molecule has 0 aliphatic heterocycles. The molecule has 0 atom stereocenters. The van der Waals surface area contributed by atoms with Gasteiger partial charge in [-0.15, -0.1) is 6.58 Å². The lowest BCUT2D eigenvalue weighted by molar-refractivity contribution is -0.133. The van der Waals surface area contributed by atoms with Crippen LogP contribution in [0.25, 0.3) is 5.57 Å². The summed E-state index contributed by atoms with van der Waals surface area (Å²) in [6.07, 6.45) is 3.00. The topological polar surface area (TPSA) is 56.8 Å². The van der Waals surface area contributed by atoms with Gasteiger partial charge in [-0.2, -0.15) is 0 Å². The third-order valence-electron chi connectivity index (χ3n) is 3.71. The Morgan fingerprint density at radius 2 is 2.00 bits per heavy atom. The Balaban J connectivity index is 2.20. The lowest BCUT2D eigenvalue weighted by Crippen LogP contribution is -2.08. The zero-order chi connectivity index (χ0) is 19.6. The first-order valence-corrected chi connectivity index (χ1v) is 8.27. The molecule has 0 aromatic heterocycles. The van der Waals surface area contributed by atoms with Crippen molar-refractivity contribution in [1.29, 1.82) is 0 Å². The van der Waals surface area contributed by atoms with E-state index in [0.717, 1.165) is 0 Å². The number of rotatable bonds is 9. The van der Waals surface area contributed by atoms with Gasteiger partial charge in [0.25, 0.3) is 0 Å². The third-order valence-corrected chi connectivity index (χ3v) is 3.71. The summed E-state index contributed by atoms with van der Waals surface area (Å²) in [7, 11) is 2.74. The molecule has 0 unspecified atom stereocenters. The molecule has 0 aliphatic rings. The lowest BCUT2D eigenvalue weighted by atomic mass is 10.0. The van der Waals surface area contributed by atoms with Crippen LogP contribution >= 0.6 is 0 Å². The Bertz CT molecular complexity index is 833. The molecule has 0 radical (unpaired) electrons. The number of hydrogen-bond acceptors (Lipinski definition) is 5. The van der Waals surface area contributed by atoms with Crippen LogP contribution in [-0.2, 0) is 20.9 Å². The fourth-order valence-corrected chi connectivity index (χ4v) is 2.43. The van der Waals surface area contributed by atoms with Crippen molar-refractivity contribution in [1.82, 2.24) is 0 Å². The zero-order valence-corrected chi connectivity index (χ0v) is 15.3. The van der Waals surface area contributed by atoms with E-state index in [2.05, 4.69) is 11.9 Å². The summed E-state index contributed by atoms with van der Waals surface area (Å²) in [6, 6.07) is 11.8. The molecule has 0 spiro atoms. The van der Waals surface area contributed by atoms with Gasteiger partial charge in [-0.1, -0.05) is 30.3 Å². The highest BCUT2D eigenvalue weighted by Crippen LogP contribution is 2.25. The van der Waals surface area contributed by atoms with E-state index in [1.165, 1.54) is 26.5 Å². The predicted octanol–water partition coefficient (Wildman–Crippen LogP) is 4.16. The number of benzene rings is 2. The SMILES string of the molecule is C=CCNc1ccc(OCc2ccccc2/C(=C\OC)C(=O)OC)c(F)c1. The fourth-order valence-electron chi connectivity index (χ4n) is 2.43. The van der Waals surface area contributed by atoms with E-state index in [9.17, 15) is 9.18 Å². The molecule has 142 valence electrons. The van der Waals surface area contributed by atoms with Crippen LogP contribution in [0.3, 0.4) is 0 Å². The molecule has 1 N–H and O–H groups in total. The predicted molar refractivity (Wildman–Crippen MR) is 103 cm³/mol. The summed E-state index contributed by atoms with van der Waals surface area (Å²) in [4.78, 5) is 12.0. The van der Waals surface area contributed by atoms with Gasteiger partial charge in [0.2, 0.25) is 0 Å². The van der Waals surface area contributed by atoms with Gasteiger partial charge in [0.1, 0.15) is 12.2 Å². The maximum absolute atomic E-state index is 14.2. The standard InChI is InChI=1S/C21H22FNO4/c1-4-11-23-16-9-10-20(19(22)12-16)27-13-15-7-5-6-8-17(15)18(14-25-2)21(24)26-3/h4-10,12,14,23H,1,11,13H2,2-3H3/b18-14+. The second-order valence-corrected chi connectivity index (χ2v) is 5.52. The summed E-state index contributed by atoms with van der Waals surface area (Å²) in [5.41, 5.74) is 2.18. The van der Waals surface area contributed by atoms with Crippen LogP contribution in [0.15, 0.2) is 61.4 Å². The molecule has 5 nitrogen and oxygen atoms in total. The quantitative estimate of drug-likeness (QED) is 0.310. The first-order chi connectivity index (χ1) is 13.1. The summed E-state index contributed by atoms with van der Waals surface area (Å²) in [5.74, 6) is -0.903.